The minimum atomic E-state index is 0.905. The van der Waals surface area contributed by atoms with Crippen molar-refractivity contribution in [2.45, 2.75) is 24.1 Å². The third kappa shape index (κ3) is 3.98. The zero-order valence-corrected chi connectivity index (χ0v) is 11.2. The normalized spacial score (nSPS) is 10.4. The summed E-state index contributed by atoms with van der Waals surface area (Å²) in [5.74, 6) is 0.905. The first-order chi connectivity index (χ1) is 8.38. The fourth-order valence-electron chi connectivity index (χ4n) is 1.20. The van der Waals surface area contributed by atoms with Crippen molar-refractivity contribution in [3.05, 3.63) is 29.7 Å². The van der Waals surface area contributed by atoms with E-state index in [0.29, 0.717) is 0 Å². The molecule has 6 heteroatoms. The molecular formula is C11H14N4S2. The van der Waals surface area contributed by atoms with Crippen LogP contribution in [0.25, 0.3) is 0 Å². The van der Waals surface area contributed by atoms with E-state index in [9.17, 15) is 0 Å². The molecule has 0 aliphatic heterocycles. The Labute approximate surface area is 109 Å². The van der Waals surface area contributed by atoms with Crippen LogP contribution in [0.15, 0.2) is 29.8 Å². The van der Waals surface area contributed by atoms with Gasteiger partial charge in [0.1, 0.15) is 6.33 Å². The Bertz CT molecular complexity index is 444. The zero-order valence-electron chi connectivity index (χ0n) is 9.59. The van der Waals surface area contributed by atoms with Crippen LogP contribution in [0.4, 0.5) is 5.13 Å². The van der Waals surface area contributed by atoms with Gasteiger partial charge in [-0.1, -0.05) is 6.92 Å². The standard InChI is InChI=1S/C11H14N4S2/c1-2-4-13-11-14-6-9(17-11)7-16-10-3-5-12-8-15-10/h3,5-6,8H,2,4,7H2,1H3,(H,13,14). The Morgan fingerprint density at radius 1 is 1.41 bits per heavy atom. The molecule has 0 atom stereocenters. The van der Waals surface area contributed by atoms with Gasteiger partial charge < -0.3 is 5.32 Å². The fraction of sp³-hybridized carbons (Fsp3) is 0.364. The summed E-state index contributed by atoms with van der Waals surface area (Å²) in [6, 6.07) is 1.92. The number of thiazole rings is 1. The molecule has 0 saturated carbocycles. The molecule has 0 amide bonds. The summed E-state index contributed by atoms with van der Waals surface area (Å²) >= 11 is 3.41. The van der Waals surface area contributed by atoms with Gasteiger partial charge in [-0.2, -0.15) is 0 Å². The first-order valence-electron chi connectivity index (χ1n) is 5.46. The maximum Gasteiger partial charge on any atom is 0.182 e. The molecule has 0 unspecified atom stereocenters. The largest absolute Gasteiger partial charge is 0.362 e. The second-order valence-corrected chi connectivity index (χ2v) is 5.51. The summed E-state index contributed by atoms with van der Waals surface area (Å²) in [6.45, 7) is 3.12. The van der Waals surface area contributed by atoms with E-state index in [-0.39, 0.29) is 0 Å². The second-order valence-electron chi connectivity index (χ2n) is 3.39. The van der Waals surface area contributed by atoms with Gasteiger partial charge in [-0.15, -0.1) is 23.1 Å². The van der Waals surface area contributed by atoms with Crippen LogP contribution < -0.4 is 5.32 Å². The third-order valence-corrected chi connectivity index (χ3v) is 4.13. The molecule has 2 heterocycles. The molecule has 0 aliphatic carbocycles. The number of thioether (sulfide) groups is 1. The maximum absolute atomic E-state index is 4.33. The summed E-state index contributed by atoms with van der Waals surface area (Å²) in [7, 11) is 0. The maximum atomic E-state index is 4.33. The lowest BCUT2D eigenvalue weighted by Gasteiger charge is -1.98. The summed E-state index contributed by atoms with van der Waals surface area (Å²) in [4.78, 5) is 13.6. The molecule has 2 aromatic heterocycles. The van der Waals surface area contributed by atoms with Crippen molar-refractivity contribution in [2.75, 3.05) is 11.9 Å². The van der Waals surface area contributed by atoms with Crippen LogP contribution in [0, 0.1) is 0 Å². The molecule has 0 spiro atoms. The Morgan fingerprint density at radius 2 is 2.35 bits per heavy atom. The first-order valence-corrected chi connectivity index (χ1v) is 7.26. The molecule has 0 bridgehead atoms. The molecule has 0 fully saturated rings. The number of hydrogen-bond acceptors (Lipinski definition) is 6. The van der Waals surface area contributed by atoms with Crippen molar-refractivity contribution in [3.8, 4) is 0 Å². The highest BCUT2D eigenvalue weighted by molar-refractivity contribution is 7.98. The molecule has 0 aromatic carbocycles. The summed E-state index contributed by atoms with van der Waals surface area (Å²) < 4.78 is 0. The number of aromatic nitrogens is 3. The number of nitrogens with one attached hydrogen (secondary N) is 1. The van der Waals surface area contributed by atoms with Gasteiger partial charge in [0.05, 0.1) is 5.03 Å². The van der Waals surface area contributed by atoms with Gasteiger partial charge in [0.25, 0.3) is 0 Å². The summed E-state index contributed by atoms with van der Waals surface area (Å²) in [6.07, 6.45) is 6.38. The number of anilines is 1. The van der Waals surface area contributed by atoms with Crippen LogP contribution in [0.5, 0.6) is 0 Å². The number of rotatable bonds is 6. The van der Waals surface area contributed by atoms with Crippen molar-refractivity contribution in [3.63, 3.8) is 0 Å². The average Bonchev–Trinajstić information content (AvgIpc) is 2.83. The lowest BCUT2D eigenvalue weighted by Crippen LogP contribution is -1.97. The molecule has 1 N–H and O–H groups in total. The highest BCUT2D eigenvalue weighted by atomic mass is 32.2. The smallest absolute Gasteiger partial charge is 0.182 e. The van der Waals surface area contributed by atoms with Crippen molar-refractivity contribution in [1.82, 2.24) is 15.0 Å². The van der Waals surface area contributed by atoms with E-state index in [1.165, 1.54) is 4.88 Å². The zero-order chi connectivity index (χ0) is 11.9. The van der Waals surface area contributed by atoms with E-state index >= 15 is 0 Å². The van der Waals surface area contributed by atoms with Crippen molar-refractivity contribution >= 4 is 28.2 Å². The lowest BCUT2D eigenvalue weighted by molar-refractivity contribution is 0.976. The Morgan fingerprint density at radius 3 is 3.12 bits per heavy atom. The van der Waals surface area contributed by atoms with Gasteiger partial charge in [0.2, 0.25) is 0 Å². The molecule has 4 nitrogen and oxygen atoms in total. The van der Waals surface area contributed by atoms with E-state index in [1.807, 2.05) is 12.3 Å². The predicted molar refractivity (Wildman–Crippen MR) is 72.5 cm³/mol. The van der Waals surface area contributed by atoms with Crippen LogP contribution in [-0.4, -0.2) is 21.5 Å². The topological polar surface area (TPSA) is 50.7 Å². The quantitative estimate of drug-likeness (QED) is 0.643. The summed E-state index contributed by atoms with van der Waals surface area (Å²) in [5.41, 5.74) is 0. The van der Waals surface area contributed by atoms with Gasteiger partial charge >= 0.3 is 0 Å². The molecule has 0 radical (unpaired) electrons. The van der Waals surface area contributed by atoms with Gasteiger partial charge in [-0.3, -0.25) is 0 Å². The molecule has 17 heavy (non-hydrogen) atoms. The average molecular weight is 266 g/mol. The van der Waals surface area contributed by atoms with E-state index in [0.717, 1.165) is 28.9 Å². The van der Waals surface area contributed by atoms with E-state index in [2.05, 4.69) is 27.2 Å². The van der Waals surface area contributed by atoms with Crippen molar-refractivity contribution < 1.29 is 0 Å². The van der Waals surface area contributed by atoms with Crippen molar-refractivity contribution in [1.29, 1.82) is 0 Å². The van der Waals surface area contributed by atoms with Gasteiger partial charge in [0, 0.05) is 29.6 Å². The third-order valence-electron chi connectivity index (χ3n) is 2.00. The molecule has 2 rings (SSSR count). The highest BCUT2D eigenvalue weighted by Gasteiger charge is 2.02. The highest BCUT2D eigenvalue weighted by Crippen LogP contribution is 2.25. The Balaban J connectivity index is 1.85. The predicted octanol–water partition coefficient (Wildman–Crippen LogP) is 3.05. The van der Waals surface area contributed by atoms with Crippen LogP contribution in [-0.2, 0) is 5.75 Å². The van der Waals surface area contributed by atoms with Crippen LogP contribution >= 0.6 is 23.1 Å². The second kappa shape index (κ2) is 6.56. The first kappa shape index (κ1) is 12.3. The van der Waals surface area contributed by atoms with E-state index in [4.69, 9.17) is 0 Å². The number of nitrogens with zero attached hydrogens (tertiary/aromatic N) is 3. The Hall–Kier alpha value is -1.14. The van der Waals surface area contributed by atoms with E-state index < -0.39 is 0 Å². The molecule has 0 saturated heterocycles. The fourth-order valence-corrected chi connectivity index (χ4v) is 2.89. The van der Waals surface area contributed by atoms with Gasteiger partial charge in [0.15, 0.2) is 5.13 Å². The van der Waals surface area contributed by atoms with Crippen molar-refractivity contribution in [2.24, 2.45) is 0 Å². The van der Waals surface area contributed by atoms with Gasteiger partial charge in [-0.25, -0.2) is 15.0 Å². The van der Waals surface area contributed by atoms with Crippen LogP contribution in [0.2, 0.25) is 0 Å². The SMILES string of the molecule is CCCNc1ncc(CSc2ccncn2)s1. The molecule has 90 valence electrons. The van der Waals surface area contributed by atoms with Gasteiger partial charge in [-0.05, 0) is 12.5 Å². The van der Waals surface area contributed by atoms with Crippen LogP contribution in [0.1, 0.15) is 18.2 Å². The number of hydrogen-bond donors (Lipinski definition) is 1. The lowest BCUT2D eigenvalue weighted by atomic mass is 10.5. The molecular weight excluding hydrogens is 252 g/mol. The van der Waals surface area contributed by atoms with Crippen LogP contribution in [0.3, 0.4) is 0 Å². The minimum absolute atomic E-state index is 0.905. The molecule has 2 aromatic rings. The monoisotopic (exact) mass is 266 g/mol. The summed E-state index contributed by atoms with van der Waals surface area (Å²) in [5, 5.41) is 5.29. The molecule has 0 aliphatic rings. The Kier molecular flexibility index (Phi) is 4.75. The van der Waals surface area contributed by atoms with E-state index in [1.54, 1.807) is 35.6 Å². The minimum Gasteiger partial charge on any atom is -0.362 e.